The van der Waals surface area contributed by atoms with Gasteiger partial charge in [0, 0.05) is 19.7 Å². The molecule has 152 valence electrons. The van der Waals surface area contributed by atoms with Crippen molar-refractivity contribution in [3.05, 3.63) is 29.3 Å². The van der Waals surface area contributed by atoms with Gasteiger partial charge in [0.15, 0.2) is 6.61 Å². The quantitative estimate of drug-likeness (QED) is 0.412. The average Bonchev–Trinajstić information content (AvgIpc) is 2.60. The second-order valence-electron chi connectivity index (χ2n) is 6.72. The number of hydrogen-bond donors (Lipinski definition) is 0. The summed E-state index contributed by atoms with van der Waals surface area (Å²) in [6.07, 6.45) is 1.03. The minimum atomic E-state index is -0.301. The van der Waals surface area contributed by atoms with Crippen molar-refractivity contribution >= 4 is 11.9 Å². The molecular weight excluding hydrogens is 346 g/mol. The van der Waals surface area contributed by atoms with Crippen molar-refractivity contribution in [3.63, 3.8) is 0 Å². The van der Waals surface area contributed by atoms with Gasteiger partial charge in [-0.1, -0.05) is 18.2 Å². The SMILES string of the molecule is CCOC(=O)CCN(CCCOC(C)C)C(=O)COc1c(C)cccc1C. The lowest BCUT2D eigenvalue weighted by atomic mass is 10.1. The van der Waals surface area contributed by atoms with E-state index in [9.17, 15) is 9.59 Å². The molecule has 0 saturated carbocycles. The van der Waals surface area contributed by atoms with Crippen LogP contribution in [-0.2, 0) is 19.1 Å². The monoisotopic (exact) mass is 379 g/mol. The van der Waals surface area contributed by atoms with Crippen LogP contribution in [0.15, 0.2) is 18.2 Å². The summed E-state index contributed by atoms with van der Waals surface area (Å²) < 4.78 is 16.3. The molecular formula is C21H33NO5. The van der Waals surface area contributed by atoms with Gasteiger partial charge in [-0.25, -0.2) is 0 Å². The van der Waals surface area contributed by atoms with E-state index in [0.717, 1.165) is 16.9 Å². The van der Waals surface area contributed by atoms with Gasteiger partial charge in [-0.15, -0.1) is 0 Å². The van der Waals surface area contributed by atoms with E-state index >= 15 is 0 Å². The normalized spacial score (nSPS) is 10.7. The molecule has 0 bridgehead atoms. The highest BCUT2D eigenvalue weighted by Crippen LogP contribution is 2.22. The Morgan fingerprint density at radius 2 is 1.78 bits per heavy atom. The van der Waals surface area contributed by atoms with Gasteiger partial charge in [0.2, 0.25) is 0 Å². The third kappa shape index (κ3) is 8.91. The molecule has 0 unspecified atom stereocenters. The first kappa shape index (κ1) is 23.0. The summed E-state index contributed by atoms with van der Waals surface area (Å²) in [5.74, 6) is 0.287. The van der Waals surface area contributed by atoms with Crippen molar-refractivity contribution in [3.8, 4) is 5.75 Å². The smallest absolute Gasteiger partial charge is 0.307 e. The molecule has 0 spiro atoms. The fourth-order valence-electron chi connectivity index (χ4n) is 2.65. The van der Waals surface area contributed by atoms with E-state index in [1.165, 1.54) is 0 Å². The largest absolute Gasteiger partial charge is 0.483 e. The van der Waals surface area contributed by atoms with Crippen LogP contribution in [0.25, 0.3) is 0 Å². The number of esters is 1. The maximum absolute atomic E-state index is 12.6. The average molecular weight is 379 g/mol. The molecule has 0 N–H and O–H groups in total. The number of hydrogen-bond acceptors (Lipinski definition) is 5. The van der Waals surface area contributed by atoms with Crippen molar-refractivity contribution in [2.24, 2.45) is 0 Å². The van der Waals surface area contributed by atoms with Crippen molar-refractivity contribution < 1.29 is 23.8 Å². The second kappa shape index (κ2) is 12.3. The maximum atomic E-state index is 12.6. The molecule has 1 rings (SSSR count). The third-order valence-electron chi connectivity index (χ3n) is 4.02. The summed E-state index contributed by atoms with van der Waals surface area (Å²) in [6, 6.07) is 5.86. The molecule has 1 amide bonds. The lowest BCUT2D eigenvalue weighted by Crippen LogP contribution is -2.38. The lowest BCUT2D eigenvalue weighted by Gasteiger charge is -2.23. The predicted octanol–water partition coefficient (Wildman–Crippen LogP) is 3.28. The zero-order valence-corrected chi connectivity index (χ0v) is 17.2. The van der Waals surface area contributed by atoms with Crippen molar-refractivity contribution in [2.45, 2.75) is 53.6 Å². The molecule has 1 aromatic rings. The van der Waals surface area contributed by atoms with Crippen LogP contribution in [-0.4, -0.2) is 55.8 Å². The Morgan fingerprint density at radius 1 is 1.11 bits per heavy atom. The van der Waals surface area contributed by atoms with E-state index < -0.39 is 0 Å². The second-order valence-corrected chi connectivity index (χ2v) is 6.72. The first-order valence-corrected chi connectivity index (χ1v) is 9.59. The van der Waals surface area contributed by atoms with Crippen LogP contribution in [0.3, 0.4) is 0 Å². The number of carbonyl (C=O) groups is 2. The molecule has 0 heterocycles. The van der Waals surface area contributed by atoms with Crippen molar-refractivity contribution in [2.75, 3.05) is 32.9 Å². The Bertz CT molecular complexity index is 580. The standard InChI is InChI=1S/C21H33NO5/c1-6-25-20(24)11-13-22(12-8-14-26-16(2)3)19(23)15-27-21-17(4)9-7-10-18(21)5/h7,9-10,16H,6,8,11-15H2,1-5H3. The number of carbonyl (C=O) groups excluding carboxylic acids is 2. The molecule has 0 atom stereocenters. The highest BCUT2D eigenvalue weighted by molar-refractivity contribution is 5.78. The zero-order chi connectivity index (χ0) is 20.2. The minimum absolute atomic E-state index is 0.0560. The van der Waals surface area contributed by atoms with Crippen LogP contribution in [0, 0.1) is 13.8 Å². The summed E-state index contributed by atoms with van der Waals surface area (Å²) >= 11 is 0. The Morgan fingerprint density at radius 3 is 2.37 bits per heavy atom. The van der Waals surface area contributed by atoms with Gasteiger partial charge in [-0.05, 0) is 52.2 Å². The van der Waals surface area contributed by atoms with Crippen LogP contribution >= 0.6 is 0 Å². The van der Waals surface area contributed by atoms with Gasteiger partial charge < -0.3 is 19.1 Å². The van der Waals surface area contributed by atoms with Crippen molar-refractivity contribution in [1.29, 1.82) is 0 Å². The summed E-state index contributed by atoms with van der Waals surface area (Å²) in [5, 5.41) is 0. The van der Waals surface area contributed by atoms with Gasteiger partial charge in [0.1, 0.15) is 5.75 Å². The van der Waals surface area contributed by atoms with Gasteiger partial charge in [0.05, 0.1) is 19.1 Å². The molecule has 6 heteroatoms. The molecule has 0 fully saturated rings. The first-order chi connectivity index (χ1) is 12.8. The van der Waals surface area contributed by atoms with Crippen LogP contribution in [0.1, 0.15) is 44.7 Å². The Kier molecular flexibility index (Phi) is 10.5. The van der Waals surface area contributed by atoms with Crippen LogP contribution in [0.2, 0.25) is 0 Å². The summed E-state index contributed by atoms with van der Waals surface area (Å²) in [7, 11) is 0. The van der Waals surface area contributed by atoms with E-state index in [0.29, 0.717) is 32.7 Å². The fraction of sp³-hybridized carbons (Fsp3) is 0.619. The topological polar surface area (TPSA) is 65.1 Å². The van der Waals surface area contributed by atoms with Gasteiger partial charge in [0.25, 0.3) is 5.91 Å². The van der Waals surface area contributed by atoms with Gasteiger partial charge in [-0.2, -0.15) is 0 Å². The van der Waals surface area contributed by atoms with E-state index in [1.807, 2.05) is 45.9 Å². The van der Waals surface area contributed by atoms with Gasteiger partial charge >= 0.3 is 5.97 Å². The maximum Gasteiger partial charge on any atom is 0.307 e. The number of para-hydroxylation sites is 1. The van der Waals surface area contributed by atoms with E-state index in [-0.39, 0.29) is 31.0 Å². The zero-order valence-electron chi connectivity index (χ0n) is 17.2. The molecule has 0 radical (unpaired) electrons. The molecule has 27 heavy (non-hydrogen) atoms. The van der Waals surface area contributed by atoms with E-state index in [4.69, 9.17) is 14.2 Å². The molecule has 0 aromatic heterocycles. The Balaban J connectivity index is 2.62. The number of ether oxygens (including phenoxy) is 3. The number of amides is 1. The van der Waals surface area contributed by atoms with Gasteiger partial charge in [-0.3, -0.25) is 9.59 Å². The predicted molar refractivity (Wildman–Crippen MR) is 105 cm³/mol. The summed E-state index contributed by atoms with van der Waals surface area (Å²) in [6.45, 7) is 11.3. The Labute approximate surface area is 162 Å². The van der Waals surface area contributed by atoms with Crippen LogP contribution in [0.5, 0.6) is 5.75 Å². The van der Waals surface area contributed by atoms with E-state index in [2.05, 4.69) is 0 Å². The first-order valence-electron chi connectivity index (χ1n) is 9.59. The fourth-order valence-corrected chi connectivity index (χ4v) is 2.65. The van der Waals surface area contributed by atoms with Crippen molar-refractivity contribution in [1.82, 2.24) is 4.90 Å². The molecule has 0 saturated heterocycles. The third-order valence-corrected chi connectivity index (χ3v) is 4.02. The minimum Gasteiger partial charge on any atom is -0.483 e. The number of benzene rings is 1. The number of nitrogens with zero attached hydrogens (tertiary/aromatic N) is 1. The molecule has 0 aliphatic carbocycles. The molecule has 6 nitrogen and oxygen atoms in total. The summed E-state index contributed by atoms with van der Waals surface area (Å²) in [4.78, 5) is 25.9. The van der Waals surface area contributed by atoms with Crippen LogP contribution < -0.4 is 4.74 Å². The molecule has 0 aliphatic heterocycles. The highest BCUT2D eigenvalue weighted by atomic mass is 16.5. The molecule has 0 aliphatic rings. The summed E-state index contributed by atoms with van der Waals surface area (Å²) in [5.41, 5.74) is 1.98. The lowest BCUT2D eigenvalue weighted by molar-refractivity contribution is -0.144. The number of rotatable bonds is 12. The Hall–Kier alpha value is -2.08. The van der Waals surface area contributed by atoms with Crippen LogP contribution in [0.4, 0.5) is 0 Å². The highest BCUT2D eigenvalue weighted by Gasteiger charge is 2.17. The number of aryl methyl sites for hydroxylation is 2. The van der Waals surface area contributed by atoms with E-state index in [1.54, 1.807) is 11.8 Å². The molecule has 1 aromatic carbocycles.